The normalized spacial score (nSPS) is 13.6. The fraction of sp³-hybridized carbons (Fsp3) is 0.704. The van der Waals surface area contributed by atoms with Crippen LogP contribution >= 0.6 is 0 Å². The number of amides is 1. The molecule has 0 saturated heterocycles. The molecule has 0 aromatic heterocycles. The largest absolute Gasteiger partial charge is 0.394 e. The van der Waals surface area contributed by atoms with E-state index in [1.165, 1.54) is 199 Å². The Balaban J connectivity index is 3.56. The van der Waals surface area contributed by atoms with Crippen molar-refractivity contribution in [2.75, 3.05) is 6.61 Å². The summed E-state index contributed by atoms with van der Waals surface area (Å²) in [6, 6.07) is -0.647. The Labute approximate surface area is 467 Å². The Morgan fingerprint density at radius 1 is 0.333 bits per heavy atom. The van der Waals surface area contributed by atoms with Gasteiger partial charge in [0.1, 0.15) is 0 Å². The topological polar surface area (TPSA) is 69.6 Å². The van der Waals surface area contributed by atoms with E-state index in [1.807, 2.05) is 6.08 Å². The fourth-order valence-corrected chi connectivity index (χ4v) is 9.33. The van der Waals surface area contributed by atoms with Crippen molar-refractivity contribution in [2.45, 2.75) is 315 Å². The van der Waals surface area contributed by atoms with Crippen LogP contribution in [-0.2, 0) is 4.79 Å². The molecular weight excluding hydrogens is 915 g/mol. The standard InChI is InChI=1S/C71H123NO3/c1-3-5-7-9-11-13-15-17-19-21-23-25-27-29-30-31-32-33-34-35-36-37-38-39-40-41-42-43-45-47-49-51-53-55-57-59-61-63-65-67-71(75)72-69(68-73)70(74)66-64-62-60-58-56-54-52-50-48-46-44-28-26-24-22-20-18-16-14-12-10-8-6-4-2/h5,7,11,13,17,19,23,25,29-30,32-33,35-36,38-39,56,58,64,66,69-70,73-74H,3-4,6,8-10,12,14-16,18,20-22,24,26-28,31,34,37,40-55,57,59-63,65,67-68H2,1-2H3,(H,72,75)/b7-5-,13-11-,19-17-,25-23-,30-29-,33-32-,36-35-,39-38-,58-56+,66-64+. The average molecular weight is 1040 g/mol. The third kappa shape index (κ3) is 61.5. The van der Waals surface area contributed by atoms with Gasteiger partial charge in [-0.2, -0.15) is 0 Å². The van der Waals surface area contributed by atoms with Gasteiger partial charge in [-0.15, -0.1) is 0 Å². The van der Waals surface area contributed by atoms with Gasteiger partial charge in [0.2, 0.25) is 5.91 Å². The van der Waals surface area contributed by atoms with Crippen LogP contribution in [0.4, 0.5) is 0 Å². The Bertz CT molecular complexity index is 1460. The smallest absolute Gasteiger partial charge is 0.220 e. The first-order chi connectivity index (χ1) is 37.2. The van der Waals surface area contributed by atoms with Crippen molar-refractivity contribution in [3.05, 3.63) is 122 Å². The van der Waals surface area contributed by atoms with E-state index in [4.69, 9.17) is 0 Å². The van der Waals surface area contributed by atoms with E-state index in [9.17, 15) is 15.0 Å². The molecule has 4 nitrogen and oxygen atoms in total. The highest BCUT2D eigenvalue weighted by Gasteiger charge is 2.18. The molecule has 0 saturated carbocycles. The van der Waals surface area contributed by atoms with Gasteiger partial charge in [0.05, 0.1) is 18.8 Å². The Morgan fingerprint density at radius 3 is 0.933 bits per heavy atom. The fourth-order valence-electron chi connectivity index (χ4n) is 9.33. The van der Waals surface area contributed by atoms with Crippen molar-refractivity contribution in [1.82, 2.24) is 5.32 Å². The van der Waals surface area contributed by atoms with Gasteiger partial charge in [-0.3, -0.25) is 4.79 Å². The predicted molar refractivity (Wildman–Crippen MR) is 336 cm³/mol. The average Bonchev–Trinajstić information content (AvgIpc) is 3.41. The molecule has 3 N–H and O–H groups in total. The zero-order chi connectivity index (χ0) is 54.1. The van der Waals surface area contributed by atoms with Gasteiger partial charge in [0.15, 0.2) is 0 Å². The Kier molecular flexibility index (Phi) is 62.3. The maximum Gasteiger partial charge on any atom is 0.220 e. The van der Waals surface area contributed by atoms with Crippen molar-refractivity contribution in [1.29, 1.82) is 0 Å². The van der Waals surface area contributed by atoms with Crippen LogP contribution in [0, 0.1) is 0 Å². The summed E-state index contributed by atoms with van der Waals surface area (Å²) in [4.78, 5) is 12.5. The molecule has 0 aliphatic heterocycles. The number of hydrogen-bond acceptors (Lipinski definition) is 3. The van der Waals surface area contributed by atoms with Crippen LogP contribution in [0.1, 0.15) is 303 Å². The minimum Gasteiger partial charge on any atom is -0.394 e. The molecule has 0 fully saturated rings. The molecule has 2 unspecified atom stereocenters. The molecule has 0 spiro atoms. The highest BCUT2D eigenvalue weighted by Crippen LogP contribution is 2.17. The van der Waals surface area contributed by atoms with E-state index in [-0.39, 0.29) is 12.5 Å². The van der Waals surface area contributed by atoms with Gasteiger partial charge in [0.25, 0.3) is 0 Å². The van der Waals surface area contributed by atoms with E-state index < -0.39 is 12.1 Å². The predicted octanol–water partition coefficient (Wildman–Crippen LogP) is 22.0. The molecule has 0 rings (SSSR count). The molecule has 0 aromatic rings. The number of aliphatic hydroxyl groups excluding tert-OH is 2. The van der Waals surface area contributed by atoms with E-state index in [2.05, 4.69) is 129 Å². The van der Waals surface area contributed by atoms with Crippen molar-refractivity contribution in [3.63, 3.8) is 0 Å². The second-order valence-electron chi connectivity index (χ2n) is 21.4. The number of rotatable bonds is 58. The first-order valence-electron chi connectivity index (χ1n) is 32.2. The maximum absolute atomic E-state index is 12.5. The first kappa shape index (κ1) is 71.8. The summed E-state index contributed by atoms with van der Waals surface area (Å²) < 4.78 is 0. The first-order valence-corrected chi connectivity index (χ1v) is 32.2. The van der Waals surface area contributed by atoms with E-state index in [0.717, 1.165) is 83.5 Å². The molecule has 0 radical (unpaired) electrons. The lowest BCUT2D eigenvalue weighted by molar-refractivity contribution is -0.123. The van der Waals surface area contributed by atoms with Crippen molar-refractivity contribution < 1.29 is 15.0 Å². The van der Waals surface area contributed by atoms with Crippen LogP contribution in [0.5, 0.6) is 0 Å². The van der Waals surface area contributed by atoms with Crippen LogP contribution in [0.3, 0.4) is 0 Å². The summed E-state index contributed by atoms with van der Waals surface area (Å²) in [5.41, 5.74) is 0. The molecular formula is C71H123NO3. The Hall–Kier alpha value is -3.21. The van der Waals surface area contributed by atoms with E-state index >= 15 is 0 Å². The number of unbranched alkanes of at least 4 members (excludes halogenated alkanes) is 33. The number of hydrogen-bond donors (Lipinski definition) is 3. The zero-order valence-electron chi connectivity index (χ0n) is 49.5. The monoisotopic (exact) mass is 1040 g/mol. The van der Waals surface area contributed by atoms with Crippen LogP contribution < -0.4 is 5.32 Å². The summed E-state index contributed by atoms with van der Waals surface area (Å²) in [5, 5.41) is 23.2. The quantitative estimate of drug-likeness (QED) is 0.0420. The van der Waals surface area contributed by atoms with Crippen molar-refractivity contribution >= 4 is 5.91 Å². The van der Waals surface area contributed by atoms with Crippen molar-refractivity contribution in [3.8, 4) is 0 Å². The van der Waals surface area contributed by atoms with Gasteiger partial charge < -0.3 is 15.5 Å². The lowest BCUT2D eigenvalue weighted by atomic mass is 10.0. The highest BCUT2D eigenvalue weighted by molar-refractivity contribution is 5.76. The summed E-state index contributed by atoms with van der Waals surface area (Å²) in [7, 11) is 0. The van der Waals surface area contributed by atoms with Crippen LogP contribution in [-0.4, -0.2) is 34.9 Å². The lowest BCUT2D eigenvalue weighted by Gasteiger charge is -2.19. The number of carbonyl (C=O) groups excluding carboxylic acids is 1. The minimum absolute atomic E-state index is 0.0757. The number of nitrogens with one attached hydrogen (secondary N) is 1. The van der Waals surface area contributed by atoms with Crippen LogP contribution in [0.15, 0.2) is 122 Å². The molecule has 0 bridgehead atoms. The molecule has 0 aliphatic rings. The molecule has 75 heavy (non-hydrogen) atoms. The van der Waals surface area contributed by atoms with E-state index in [1.54, 1.807) is 6.08 Å². The minimum atomic E-state index is -0.870. The van der Waals surface area contributed by atoms with Crippen molar-refractivity contribution in [2.24, 2.45) is 0 Å². The third-order valence-corrected chi connectivity index (χ3v) is 14.2. The molecule has 2 atom stereocenters. The number of carbonyl (C=O) groups is 1. The zero-order valence-corrected chi connectivity index (χ0v) is 49.5. The van der Waals surface area contributed by atoms with Gasteiger partial charge in [-0.1, -0.05) is 322 Å². The summed E-state index contributed by atoms with van der Waals surface area (Å²) in [6.45, 7) is 4.20. The number of aliphatic hydroxyl groups is 2. The molecule has 1 amide bonds. The summed E-state index contributed by atoms with van der Waals surface area (Å²) in [5.74, 6) is -0.0757. The van der Waals surface area contributed by atoms with Gasteiger partial charge in [-0.25, -0.2) is 0 Å². The molecule has 0 aromatic carbocycles. The van der Waals surface area contributed by atoms with Crippen LogP contribution in [0.25, 0.3) is 0 Å². The van der Waals surface area contributed by atoms with E-state index in [0.29, 0.717) is 6.42 Å². The molecule has 0 aliphatic carbocycles. The van der Waals surface area contributed by atoms with Gasteiger partial charge in [-0.05, 0) is 96.3 Å². The number of allylic oxidation sites excluding steroid dienone is 19. The second kappa shape index (κ2) is 65.1. The third-order valence-electron chi connectivity index (χ3n) is 14.2. The molecule has 430 valence electrons. The van der Waals surface area contributed by atoms with Gasteiger partial charge in [0, 0.05) is 6.42 Å². The summed E-state index contributed by atoms with van der Waals surface area (Å²) in [6.07, 6.45) is 99.6. The second-order valence-corrected chi connectivity index (χ2v) is 21.4. The summed E-state index contributed by atoms with van der Waals surface area (Å²) >= 11 is 0. The van der Waals surface area contributed by atoms with Crippen LogP contribution in [0.2, 0.25) is 0 Å². The highest BCUT2D eigenvalue weighted by atomic mass is 16.3. The Morgan fingerprint density at radius 2 is 0.600 bits per heavy atom. The molecule has 0 heterocycles. The lowest BCUT2D eigenvalue weighted by Crippen LogP contribution is -2.45. The molecule has 4 heteroatoms. The van der Waals surface area contributed by atoms with Gasteiger partial charge >= 0.3 is 0 Å². The SMILES string of the molecule is CC/C=C\C/C=C\C/C=C\C/C=C\C/C=C\C/C=C\C/C=C\C/C=C\CCCCCCCCCCCCCCCCC(=O)NC(CO)C(O)/C=C/CC/C=C/CCCCCCCCCCCCCCCCCCCC. The maximum atomic E-state index is 12.5.